The molecule has 1 saturated heterocycles. The summed E-state index contributed by atoms with van der Waals surface area (Å²) in [5, 5.41) is 0. The molecule has 0 spiro atoms. The van der Waals surface area contributed by atoms with Crippen molar-refractivity contribution >= 4 is 22.6 Å². The van der Waals surface area contributed by atoms with Gasteiger partial charge >= 0.3 is 0 Å². The minimum atomic E-state index is 0.183. The van der Waals surface area contributed by atoms with E-state index in [4.69, 9.17) is 0 Å². The number of hydrogen-bond donors (Lipinski definition) is 0. The first-order chi connectivity index (χ1) is 8.11. The third-order valence-corrected chi connectivity index (χ3v) is 5.86. The van der Waals surface area contributed by atoms with Crippen LogP contribution in [-0.4, -0.2) is 33.7 Å². The highest BCUT2D eigenvalue weighted by Gasteiger charge is 2.41. The summed E-state index contributed by atoms with van der Waals surface area (Å²) in [5.74, 6) is 1.26. The largest absolute Gasteiger partial charge is 0.317 e. The molecule has 0 N–H and O–H groups in total. The van der Waals surface area contributed by atoms with Gasteiger partial charge in [-0.05, 0) is 35.1 Å². The van der Waals surface area contributed by atoms with Crippen LogP contribution in [0.2, 0.25) is 0 Å². The smallest absolute Gasteiger partial charge is 0.250 e. The molecule has 3 unspecified atom stereocenters. The predicted molar refractivity (Wildman–Crippen MR) is 76.4 cm³/mol. The van der Waals surface area contributed by atoms with Crippen LogP contribution in [0.15, 0.2) is 23.0 Å². The number of alkyl halides is 1. The minimum Gasteiger partial charge on any atom is -0.317 e. The van der Waals surface area contributed by atoms with Crippen molar-refractivity contribution in [3.8, 4) is 0 Å². The monoisotopic (exact) mass is 345 g/mol. The van der Waals surface area contributed by atoms with E-state index in [0.717, 1.165) is 11.0 Å². The number of likely N-dealkylation sites (N-methyl/N-ethyl adjacent to an activating group) is 1. The summed E-state index contributed by atoms with van der Waals surface area (Å²) in [6.07, 6.45) is 1.27. The topological polar surface area (TPSA) is 22.0 Å². The summed E-state index contributed by atoms with van der Waals surface area (Å²) < 4.78 is 4.33. The number of piperidine rings is 1. The molecule has 3 rings (SSSR count). The minimum absolute atomic E-state index is 0.183. The normalized spacial score (nSPS) is 35.4. The van der Waals surface area contributed by atoms with Crippen molar-refractivity contribution in [2.24, 2.45) is 5.92 Å². The molecule has 1 fully saturated rings. The second-order valence-corrected chi connectivity index (χ2v) is 6.48. The van der Waals surface area contributed by atoms with E-state index in [1.807, 2.05) is 10.6 Å². The van der Waals surface area contributed by atoms with Crippen LogP contribution in [0.5, 0.6) is 0 Å². The molecular formula is C13H18IN2O+. The van der Waals surface area contributed by atoms with Gasteiger partial charge in [0.2, 0.25) is 0 Å². The van der Waals surface area contributed by atoms with Gasteiger partial charge in [-0.1, -0.05) is 6.07 Å². The second-order valence-electron chi connectivity index (χ2n) is 5.80. The Balaban J connectivity index is 2.04. The number of pyridine rings is 1. The van der Waals surface area contributed by atoms with Gasteiger partial charge in [0.1, 0.15) is 4.55 Å². The fourth-order valence-electron chi connectivity index (χ4n) is 3.57. The zero-order valence-electron chi connectivity index (χ0n) is 10.1. The van der Waals surface area contributed by atoms with Gasteiger partial charge in [-0.2, -0.15) is 0 Å². The lowest BCUT2D eigenvalue weighted by Crippen LogP contribution is -2.56. The van der Waals surface area contributed by atoms with Gasteiger partial charge in [0, 0.05) is 30.1 Å². The van der Waals surface area contributed by atoms with Crippen molar-refractivity contribution in [2.45, 2.75) is 18.9 Å². The highest BCUT2D eigenvalue weighted by Crippen LogP contribution is 2.37. The summed E-state index contributed by atoms with van der Waals surface area (Å²) in [6.45, 7) is 3.33. The van der Waals surface area contributed by atoms with Crippen molar-refractivity contribution in [3.63, 3.8) is 0 Å². The van der Waals surface area contributed by atoms with E-state index in [2.05, 4.69) is 35.7 Å². The zero-order chi connectivity index (χ0) is 12.0. The maximum absolute atomic E-state index is 11.9. The molecule has 0 radical (unpaired) electrons. The number of nitrogens with zero attached hydrogens (tertiary/aromatic N) is 2. The van der Waals surface area contributed by atoms with Gasteiger partial charge in [-0.15, -0.1) is 0 Å². The van der Waals surface area contributed by atoms with Gasteiger partial charge in [0.05, 0.1) is 20.1 Å². The van der Waals surface area contributed by atoms with Crippen LogP contribution in [0.4, 0.5) is 0 Å². The van der Waals surface area contributed by atoms with Gasteiger partial charge in [0.15, 0.2) is 0 Å². The number of likely N-dealkylation sites (tertiary alicyclic amines) is 1. The lowest BCUT2D eigenvalue weighted by Gasteiger charge is -2.47. The SMILES string of the molecule is C[N+]1(CI)CC2CC(C1)c1cccc(=O)n1C2. The first kappa shape index (κ1) is 11.7. The molecule has 17 heavy (non-hydrogen) atoms. The highest BCUT2D eigenvalue weighted by atomic mass is 127. The Morgan fingerprint density at radius 3 is 3.06 bits per heavy atom. The average molecular weight is 345 g/mol. The lowest BCUT2D eigenvalue weighted by atomic mass is 9.82. The fourth-order valence-corrected chi connectivity index (χ4v) is 4.13. The number of fused-ring (bicyclic) bond motifs is 4. The molecule has 2 aliphatic heterocycles. The van der Waals surface area contributed by atoms with Gasteiger partial charge < -0.3 is 9.05 Å². The molecule has 3 atom stereocenters. The van der Waals surface area contributed by atoms with E-state index in [-0.39, 0.29) is 5.56 Å². The molecule has 0 aliphatic carbocycles. The summed E-state index contributed by atoms with van der Waals surface area (Å²) >= 11 is 2.49. The van der Waals surface area contributed by atoms with E-state index in [0.29, 0.717) is 11.8 Å². The van der Waals surface area contributed by atoms with Crippen LogP contribution >= 0.6 is 22.6 Å². The Morgan fingerprint density at radius 2 is 2.29 bits per heavy atom. The standard InChI is InChI=1S/C13H18IN2O/c1-16(9-14)7-10-5-11(8-16)12-3-2-4-13(17)15(12)6-10/h2-4,10-11H,5-9H2,1H3/q+1. The quantitative estimate of drug-likeness (QED) is 0.329. The van der Waals surface area contributed by atoms with Crippen LogP contribution in [0, 0.1) is 5.92 Å². The van der Waals surface area contributed by atoms with E-state index in [1.165, 1.54) is 29.8 Å². The van der Waals surface area contributed by atoms with Crippen molar-refractivity contribution in [1.82, 2.24) is 4.57 Å². The lowest BCUT2D eigenvalue weighted by molar-refractivity contribution is -0.904. The van der Waals surface area contributed by atoms with Crippen LogP contribution in [0.25, 0.3) is 0 Å². The molecule has 4 heteroatoms. The third kappa shape index (κ3) is 1.95. The van der Waals surface area contributed by atoms with Gasteiger partial charge in [0.25, 0.3) is 5.56 Å². The molecule has 3 heterocycles. The number of quaternary nitrogens is 1. The maximum atomic E-state index is 11.9. The first-order valence-corrected chi connectivity index (χ1v) is 7.73. The van der Waals surface area contributed by atoms with Gasteiger partial charge in [-0.25, -0.2) is 0 Å². The molecule has 1 aromatic heterocycles. The summed E-state index contributed by atoms with van der Waals surface area (Å²) in [4.78, 5) is 11.9. The number of rotatable bonds is 1. The number of aromatic nitrogens is 1. The highest BCUT2D eigenvalue weighted by molar-refractivity contribution is 14.1. The molecule has 2 bridgehead atoms. The van der Waals surface area contributed by atoms with E-state index >= 15 is 0 Å². The molecule has 0 aromatic carbocycles. The molecule has 0 saturated carbocycles. The van der Waals surface area contributed by atoms with Gasteiger partial charge in [-0.3, -0.25) is 4.79 Å². The molecule has 0 amide bonds. The van der Waals surface area contributed by atoms with Crippen LogP contribution in [-0.2, 0) is 6.54 Å². The van der Waals surface area contributed by atoms with Crippen molar-refractivity contribution in [3.05, 3.63) is 34.2 Å². The van der Waals surface area contributed by atoms with E-state index in [1.54, 1.807) is 6.07 Å². The maximum Gasteiger partial charge on any atom is 0.250 e. The first-order valence-electron chi connectivity index (χ1n) is 6.20. The molecule has 92 valence electrons. The molecule has 3 nitrogen and oxygen atoms in total. The molecule has 1 aromatic rings. The van der Waals surface area contributed by atoms with Crippen molar-refractivity contribution < 1.29 is 4.48 Å². The second kappa shape index (κ2) is 4.09. The van der Waals surface area contributed by atoms with Crippen molar-refractivity contribution in [2.75, 3.05) is 24.7 Å². The van der Waals surface area contributed by atoms with Crippen LogP contribution in [0.3, 0.4) is 0 Å². The Bertz CT molecular complexity index is 498. The Labute approximate surface area is 115 Å². The van der Waals surface area contributed by atoms with E-state index in [9.17, 15) is 4.79 Å². The Morgan fingerprint density at radius 1 is 1.47 bits per heavy atom. The summed E-state index contributed by atoms with van der Waals surface area (Å²) in [7, 11) is 2.35. The number of halogens is 1. The summed E-state index contributed by atoms with van der Waals surface area (Å²) in [6, 6.07) is 5.75. The average Bonchev–Trinajstić information content (AvgIpc) is 2.30. The van der Waals surface area contributed by atoms with E-state index < -0.39 is 0 Å². The van der Waals surface area contributed by atoms with Crippen LogP contribution < -0.4 is 5.56 Å². The molecular weight excluding hydrogens is 327 g/mol. The zero-order valence-corrected chi connectivity index (χ0v) is 12.3. The Kier molecular flexibility index (Phi) is 2.82. The number of hydrogen-bond acceptors (Lipinski definition) is 1. The predicted octanol–water partition coefficient (Wildman–Crippen LogP) is 1.80. The molecule has 2 aliphatic rings. The van der Waals surface area contributed by atoms with Crippen LogP contribution in [0.1, 0.15) is 18.0 Å². The Hall–Kier alpha value is -0.360. The van der Waals surface area contributed by atoms with Crippen molar-refractivity contribution in [1.29, 1.82) is 0 Å². The third-order valence-electron chi connectivity index (χ3n) is 4.21. The fraction of sp³-hybridized carbons (Fsp3) is 0.615. The summed E-state index contributed by atoms with van der Waals surface area (Å²) in [5.41, 5.74) is 1.45.